The van der Waals surface area contributed by atoms with E-state index in [-0.39, 0.29) is 23.1 Å². The van der Waals surface area contributed by atoms with Crippen LogP contribution < -0.4 is 0 Å². The molecular weight excluding hydrogens is 276 g/mol. The van der Waals surface area contributed by atoms with Crippen LogP contribution in [-0.4, -0.2) is 17.7 Å². The summed E-state index contributed by atoms with van der Waals surface area (Å²) in [6.07, 6.45) is 3.50. The maximum absolute atomic E-state index is 12.9. The quantitative estimate of drug-likeness (QED) is 0.732. The molecule has 0 saturated carbocycles. The summed E-state index contributed by atoms with van der Waals surface area (Å²) >= 11 is 0. The van der Waals surface area contributed by atoms with Crippen LogP contribution in [0.15, 0.2) is 23.5 Å². The number of carbonyl (C=O) groups is 2. The van der Waals surface area contributed by atoms with Gasteiger partial charge in [0.15, 0.2) is 11.5 Å². The largest absolute Gasteiger partial charge is 0.486 e. The monoisotopic (exact) mass is 296 g/mol. The first-order valence-electron chi connectivity index (χ1n) is 8.06. The number of ketones is 2. The van der Waals surface area contributed by atoms with Crippen molar-refractivity contribution in [2.75, 3.05) is 0 Å². The van der Waals surface area contributed by atoms with Crippen LogP contribution >= 0.6 is 0 Å². The molecule has 114 valence electrons. The van der Waals surface area contributed by atoms with Gasteiger partial charge in [0.2, 0.25) is 5.78 Å². The number of allylic oxidation sites excluding steroid dienone is 1. The summed E-state index contributed by atoms with van der Waals surface area (Å²) in [5.74, 6) is 0.213. The lowest BCUT2D eigenvalue weighted by Crippen LogP contribution is -2.29. The second kappa shape index (κ2) is 4.31. The Morgan fingerprint density at radius 2 is 1.95 bits per heavy atom. The van der Waals surface area contributed by atoms with E-state index in [0.29, 0.717) is 28.9 Å². The number of hydrogen-bond acceptors (Lipinski definition) is 3. The molecule has 0 bridgehead atoms. The molecule has 1 aromatic rings. The van der Waals surface area contributed by atoms with E-state index >= 15 is 0 Å². The maximum atomic E-state index is 12.9. The Bertz CT molecular complexity index is 752. The molecular formula is C19H20O3. The molecule has 1 heterocycles. The topological polar surface area (TPSA) is 43.4 Å². The third-order valence-electron chi connectivity index (χ3n) is 5.31. The van der Waals surface area contributed by atoms with E-state index < -0.39 is 0 Å². The van der Waals surface area contributed by atoms with Gasteiger partial charge in [0.1, 0.15) is 6.10 Å². The second-order valence-corrected chi connectivity index (χ2v) is 7.35. The number of benzene rings is 1. The highest BCUT2D eigenvalue weighted by Crippen LogP contribution is 2.43. The minimum atomic E-state index is -0.0838. The van der Waals surface area contributed by atoms with Crippen molar-refractivity contribution in [1.82, 2.24) is 0 Å². The lowest BCUT2D eigenvalue weighted by molar-refractivity contribution is 0.0860. The van der Waals surface area contributed by atoms with Gasteiger partial charge in [-0.2, -0.15) is 0 Å². The van der Waals surface area contributed by atoms with Gasteiger partial charge in [-0.1, -0.05) is 19.9 Å². The van der Waals surface area contributed by atoms with Gasteiger partial charge in [-0.15, -0.1) is 0 Å². The molecule has 1 unspecified atom stereocenters. The van der Waals surface area contributed by atoms with Crippen LogP contribution in [0.4, 0.5) is 0 Å². The molecule has 3 heteroatoms. The first-order chi connectivity index (χ1) is 10.4. The van der Waals surface area contributed by atoms with E-state index in [9.17, 15) is 9.59 Å². The summed E-state index contributed by atoms with van der Waals surface area (Å²) in [4.78, 5) is 25.7. The van der Waals surface area contributed by atoms with Crippen LogP contribution in [-0.2, 0) is 16.6 Å². The summed E-state index contributed by atoms with van der Waals surface area (Å²) in [5.41, 5.74) is 4.11. The smallest absolute Gasteiger partial charge is 0.229 e. The highest BCUT2D eigenvalue weighted by Gasteiger charge is 2.42. The third kappa shape index (κ3) is 1.68. The van der Waals surface area contributed by atoms with Gasteiger partial charge in [0, 0.05) is 23.1 Å². The van der Waals surface area contributed by atoms with E-state index in [4.69, 9.17) is 4.74 Å². The summed E-state index contributed by atoms with van der Waals surface area (Å²) in [5, 5.41) is 0. The zero-order valence-electron chi connectivity index (χ0n) is 13.3. The predicted molar refractivity (Wildman–Crippen MR) is 83.3 cm³/mol. The Morgan fingerprint density at radius 3 is 2.73 bits per heavy atom. The van der Waals surface area contributed by atoms with Crippen LogP contribution in [0.3, 0.4) is 0 Å². The van der Waals surface area contributed by atoms with E-state index in [1.54, 1.807) is 0 Å². The standard InChI is InChI=1S/C19H20O3/c1-10-9-13-16(20)12-6-7-14-11(5-4-8-19(14,2)3)15(12)17(21)18(13)22-10/h6-7,10H,4-5,8-9H2,1-3H3. The molecule has 0 N–H and O–H groups in total. The average molecular weight is 296 g/mol. The van der Waals surface area contributed by atoms with Gasteiger partial charge in [0.25, 0.3) is 0 Å². The first kappa shape index (κ1) is 13.7. The van der Waals surface area contributed by atoms with Crippen LogP contribution in [0.2, 0.25) is 0 Å². The molecule has 22 heavy (non-hydrogen) atoms. The van der Waals surface area contributed by atoms with Gasteiger partial charge < -0.3 is 4.74 Å². The fraction of sp³-hybridized carbons (Fsp3) is 0.474. The normalized spacial score (nSPS) is 25.5. The van der Waals surface area contributed by atoms with Crippen molar-refractivity contribution in [2.24, 2.45) is 0 Å². The second-order valence-electron chi connectivity index (χ2n) is 7.35. The zero-order chi connectivity index (χ0) is 15.6. The lowest BCUT2D eigenvalue weighted by Gasteiger charge is -2.34. The SMILES string of the molecule is CC1CC2=C(O1)C(=O)c1c(ccc3c1CCCC3(C)C)C2=O. The van der Waals surface area contributed by atoms with E-state index in [1.165, 1.54) is 5.56 Å². The highest BCUT2D eigenvalue weighted by molar-refractivity contribution is 6.27. The van der Waals surface area contributed by atoms with Gasteiger partial charge >= 0.3 is 0 Å². The summed E-state index contributed by atoms with van der Waals surface area (Å²) in [6, 6.07) is 3.91. The minimum Gasteiger partial charge on any atom is -0.486 e. The fourth-order valence-electron chi connectivity index (χ4n) is 4.19. The van der Waals surface area contributed by atoms with Gasteiger partial charge in [-0.05, 0) is 48.8 Å². The summed E-state index contributed by atoms with van der Waals surface area (Å²) in [7, 11) is 0. The van der Waals surface area contributed by atoms with Crippen LogP contribution in [0, 0.1) is 0 Å². The Labute approximate surface area is 130 Å². The van der Waals surface area contributed by atoms with E-state index in [0.717, 1.165) is 24.8 Å². The Balaban J connectivity index is 1.95. The van der Waals surface area contributed by atoms with Crippen molar-refractivity contribution >= 4 is 11.6 Å². The molecule has 3 nitrogen and oxygen atoms in total. The lowest BCUT2D eigenvalue weighted by atomic mass is 9.69. The molecule has 1 aliphatic heterocycles. The number of rotatable bonds is 0. The number of hydrogen-bond donors (Lipinski definition) is 0. The molecule has 0 spiro atoms. The molecule has 0 amide bonds. The number of carbonyl (C=O) groups excluding carboxylic acids is 2. The number of fused-ring (bicyclic) bond motifs is 3. The molecule has 0 saturated heterocycles. The van der Waals surface area contributed by atoms with Crippen LogP contribution in [0.25, 0.3) is 0 Å². The van der Waals surface area contributed by atoms with Crippen LogP contribution in [0.1, 0.15) is 71.9 Å². The van der Waals surface area contributed by atoms with E-state index in [2.05, 4.69) is 19.9 Å². The van der Waals surface area contributed by atoms with Gasteiger partial charge in [0.05, 0.1) is 0 Å². The van der Waals surface area contributed by atoms with Gasteiger partial charge in [-0.25, -0.2) is 0 Å². The maximum Gasteiger partial charge on any atom is 0.229 e. The average Bonchev–Trinajstić information content (AvgIpc) is 2.86. The summed E-state index contributed by atoms with van der Waals surface area (Å²) < 4.78 is 5.66. The Hall–Kier alpha value is -1.90. The van der Waals surface area contributed by atoms with Crippen molar-refractivity contribution in [3.63, 3.8) is 0 Å². The molecule has 0 aromatic heterocycles. The molecule has 0 fully saturated rings. The number of ether oxygens (including phenoxy) is 1. The molecule has 3 aliphatic rings. The minimum absolute atomic E-state index is 0.0138. The van der Waals surface area contributed by atoms with Crippen molar-refractivity contribution in [1.29, 1.82) is 0 Å². The fourth-order valence-corrected chi connectivity index (χ4v) is 4.19. The predicted octanol–water partition coefficient (Wildman–Crippen LogP) is 3.74. The molecule has 1 atom stereocenters. The molecule has 1 aromatic carbocycles. The zero-order valence-corrected chi connectivity index (χ0v) is 13.3. The van der Waals surface area contributed by atoms with Crippen LogP contribution in [0.5, 0.6) is 0 Å². The summed E-state index contributed by atoms with van der Waals surface area (Å²) in [6.45, 7) is 6.33. The van der Waals surface area contributed by atoms with Gasteiger partial charge in [-0.3, -0.25) is 9.59 Å². The highest BCUT2D eigenvalue weighted by atomic mass is 16.5. The molecule has 4 rings (SSSR count). The Morgan fingerprint density at radius 1 is 1.18 bits per heavy atom. The number of Topliss-reactive ketones (excluding diaryl/α,β-unsaturated/α-hetero) is 2. The van der Waals surface area contributed by atoms with Crippen molar-refractivity contribution in [3.8, 4) is 0 Å². The van der Waals surface area contributed by atoms with Crippen molar-refractivity contribution in [3.05, 3.63) is 45.7 Å². The van der Waals surface area contributed by atoms with Crippen molar-refractivity contribution in [2.45, 2.75) is 58.0 Å². The van der Waals surface area contributed by atoms with E-state index in [1.807, 2.05) is 13.0 Å². The Kier molecular flexibility index (Phi) is 2.69. The third-order valence-corrected chi connectivity index (χ3v) is 5.31. The van der Waals surface area contributed by atoms with Crippen molar-refractivity contribution < 1.29 is 14.3 Å². The molecule has 0 radical (unpaired) electrons. The molecule has 2 aliphatic carbocycles. The first-order valence-corrected chi connectivity index (χ1v) is 8.06.